The van der Waals surface area contributed by atoms with Crippen molar-refractivity contribution in [1.82, 2.24) is 4.31 Å². The van der Waals surface area contributed by atoms with Crippen LogP contribution >= 0.6 is 0 Å². The Morgan fingerprint density at radius 2 is 2.05 bits per heavy atom. The molecule has 0 aromatic carbocycles. The summed E-state index contributed by atoms with van der Waals surface area (Å²) in [5, 5.41) is 9.96. The number of hydrogen-bond donors (Lipinski definition) is 1. The second-order valence-corrected chi connectivity index (χ2v) is 9.87. The third-order valence-electron chi connectivity index (χ3n) is 7.01. The summed E-state index contributed by atoms with van der Waals surface area (Å²) < 4.78 is 26.6. The van der Waals surface area contributed by atoms with Crippen molar-refractivity contribution in [2.24, 2.45) is 22.7 Å². The number of fused-ring (bicyclic) bond motifs is 1. The van der Waals surface area contributed by atoms with Gasteiger partial charge < -0.3 is 5.11 Å². The van der Waals surface area contributed by atoms with E-state index in [1.807, 2.05) is 0 Å². The molecule has 2 saturated carbocycles. The number of amides is 1. The zero-order chi connectivity index (χ0) is 16.5. The standard InChI is InChI=1S/C16H27NO4S/c1-5-12(18)10(2)14(19)17-13-8-11-6-7-16(13,15(11,3)4)9-22(17,20)21/h10-13,18H,5-9H2,1-4H3/t10-,11-,12+,13-,16-/m1/s1. The van der Waals surface area contributed by atoms with Crippen LogP contribution in [0.5, 0.6) is 0 Å². The van der Waals surface area contributed by atoms with Crippen LogP contribution < -0.4 is 0 Å². The molecule has 3 rings (SSSR count). The maximum Gasteiger partial charge on any atom is 0.241 e. The minimum absolute atomic E-state index is 0.0353. The summed E-state index contributed by atoms with van der Waals surface area (Å²) in [7, 11) is -3.57. The van der Waals surface area contributed by atoms with Crippen molar-refractivity contribution in [3.63, 3.8) is 0 Å². The van der Waals surface area contributed by atoms with Gasteiger partial charge in [-0.2, -0.15) is 0 Å². The lowest BCUT2D eigenvalue weighted by atomic mass is 9.69. The fourth-order valence-electron chi connectivity index (χ4n) is 5.30. The van der Waals surface area contributed by atoms with E-state index in [-0.39, 0.29) is 22.6 Å². The molecule has 1 spiro atoms. The molecule has 3 fully saturated rings. The number of hydrogen-bond acceptors (Lipinski definition) is 4. The Balaban J connectivity index is 1.99. The van der Waals surface area contributed by atoms with Crippen molar-refractivity contribution in [2.75, 3.05) is 5.75 Å². The van der Waals surface area contributed by atoms with Crippen LogP contribution in [0, 0.1) is 22.7 Å². The van der Waals surface area contributed by atoms with Gasteiger partial charge >= 0.3 is 0 Å². The van der Waals surface area contributed by atoms with E-state index < -0.39 is 28.0 Å². The minimum atomic E-state index is -3.57. The van der Waals surface area contributed by atoms with Gasteiger partial charge in [-0.25, -0.2) is 12.7 Å². The van der Waals surface area contributed by atoms with Crippen LogP contribution in [-0.4, -0.2) is 41.6 Å². The normalized spacial score (nSPS) is 40.5. The Hall–Kier alpha value is -0.620. The average molecular weight is 329 g/mol. The van der Waals surface area contributed by atoms with Crippen molar-refractivity contribution < 1.29 is 18.3 Å². The number of sulfonamides is 1. The van der Waals surface area contributed by atoms with E-state index in [1.54, 1.807) is 13.8 Å². The zero-order valence-electron chi connectivity index (χ0n) is 13.9. The van der Waals surface area contributed by atoms with Crippen molar-refractivity contribution in [3.8, 4) is 0 Å². The number of carbonyl (C=O) groups is 1. The molecule has 1 aliphatic heterocycles. The number of aliphatic hydroxyl groups excluding tert-OH is 1. The Bertz CT molecular complexity index is 599. The highest BCUT2D eigenvalue weighted by Crippen LogP contribution is 2.70. The third-order valence-corrected chi connectivity index (χ3v) is 8.93. The van der Waals surface area contributed by atoms with E-state index in [4.69, 9.17) is 0 Å². The summed E-state index contributed by atoms with van der Waals surface area (Å²) in [5.41, 5.74) is -0.324. The van der Waals surface area contributed by atoms with Gasteiger partial charge in [0, 0.05) is 5.41 Å². The van der Waals surface area contributed by atoms with Crippen LogP contribution in [0.2, 0.25) is 0 Å². The first-order valence-electron chi connectivity index (χ1n) is 8.32. The second kappa shape index (κ2) is 4.69. The lowest BCUT2D eigenvalue weighted by Crippen LogP contribution is -2.47. The molecule has 0 aromatic heterocycles. The first kappa shape index (κ1) is 16.2. The van der Waals surface area contributed by atoms with Crippen molar-refractivity contribution in [1.29, 1.82) is 0 Å². The third kappa shape index (κ3) is 1.80. The van der Waals surface area contributed by atoms with Gasteiger partial charge in [-0.3, -0.25) is 4.79 Å². The summed E-state index contributed by atoms with van der Waals surface area (Å²) in [4.78, 5) is 12.8. The van der Waals surface area contributed by atoms with E-state index in [0.29, 0.717) is 12.3 Å². The highest BCUT2D eigenvalue weighted by atomic mass is 32.2. The molecule has 1 amide bonds. The first-order valence-corrected chi connectivity index (χ1v) is 9.93. The predicted molar refractivity (Wildman–Crippen MR) is 83.4 cm³/mol. The molecule has 1 heterocycles. The fraction of sp³-hybridized carbons (Fsp3) is 0.938. The summed E-state index contributed by atoms with van der Waals surface area (Å²) in [6, 6.07) is -0.203. The topological polar surface area (TPSA) is 74.7 Å². The Morgan fingerprint density at radius 1 is 1.41 bits per heavy atom. The first-order chi connectivity index (χ1) is 10.1. The molecule has 2 bridgehead atoms. The van der Waals surface area contributed by atoms with Gasteiger partial charge in [0.05, 0.1) is 23.8 Å². The van der Waals surface area contributed by atoms with Crippen molar-refractivity contribution in [2.45, 2.75) is 65.5 Å². The largest absolute Gasteiger partial charge is 0.392 e. The molecular weight excluding hydrogens is 302 g/mol. The van der Waals surface area contributed by atoms with Gasteiger partial charge in [0.15, 0.2) is 0 Å². The molecule has 5 atom stereocenters. The summed E-state index contributed by atoms with van der Waals surface area (Å²) >= 11 is 0. The molecule has 5 nitrogen and oxygen atoms in total. The van der Waals surface area contributed by atoms with Crippen molar-refractivity contribution in [3.05, 3.63) is 0 Å². The van der Waals surface area contributed by atoms with Gasteiger partial charge in [0.2, 0.25) is 15.9 Å². The van der Waals surface area contributed by atoms with Crippen LogP contribution in [0.4, 0.5) is 0 Å². The van der Waals surface area contributed by atoms with Gasteiger partial charge in [-0.05, 0) is 37.0 Å². The predicted octanol–water partition coefficient (Wildman–Crippen LogP) is 1.76. The fourth-order valence-corrected chi connectivity index (χ4v) is 7.91. The second-order valence-electron chi connectivity index (χ2n) is 8.02. The highest BCUT2D eigenvalue weighted by Gasteiger charge is 2.72. The Labute approximate surface area is 133 Å². The molecule has 22 heavy (non-hydrogen) atoms. The van der Waals surface area contributed by atoms with Gasteiger partial charge in [-0.15, -0.1) is 0 Å². The van der Waals surface area contributed by atoms with Crippen LogP contribution in [0.1, 0.15) is 53.4 Å². The average Bonchev–Trinajstić information content (AvgIpc) is 2.91. The number of nitrogens with zero attached hydrogens (tertiary/aromatic N) is 1. The molecule has 2 aliphatic carbocycles. The zero-order valence-corrected chi connectivity index (χ0v) is 14.7. The molecule has 126 valence electrons. The summed E-state index contributed by atoms with van der Waals surface area (Å²) in [6.45, 7) is 7.77. The monoisotopic (exact) mass is 329 g/mol. The Morgan fingerprint density at radius 3 is 2.59 bits per heavy atom. The number of carbonyl (C=O) groups excluding carboxylic acids is 1. The molecule has 0 radical (unpaired) electrons. The van der Waals surface area contributed by atoms with Crippen molar-refractivity contribution >= 4 is 15.9 Å². The molecule has 0 aromatic rings. The smallest absolute Gasteiger partial charge is 0.241 e. The molecule has 6 heteroatoms. The maximum absolute atomic E-state index is 12.8. The SMILES string of the molecule is CC[C@H](O)[C@@H](C)C(=O)N1[C@@H]2C[C@H]3CC[C@]2(CS1(=O)=O)C3(C)C. The van der Waals surface area contributed by atoms with Crippen LogP contribution in [0.3, 0.4) is 0 Å². The number of aliphatic hydroxyl groups is 1. The van der Waals surface area contributed by atoms with E-state index in [2.05, 4.69) is 13.8 Å². The van der Waals surface area contributed by atoms with Gasteiger partial charge in [-0.1, -0.05) is 27.7 Å². The van der Waals surface area contributed by atoms with Gasteiger partial charge in [0.25, 0.3) is 0 Å². The van der Waals surface area contributed by atoms with Crippen LogP contribution in [-0.2, 0) is 14.8 Å². The van der Waals surface area contributed by atoms with Crippen LogP contribution in [0.25, 0.3) is 0 Å². The number of rotatable bonds is 3. The summed E-state index contributed by atoms with van der Waals surface area (Å²) in [5.74, 6) is -0.499. The Kier molecular flexibility index (Phi) is 3.47. The lowest BCUT2D eigenvalue weighted by molar-refractivity contribution is -0.136. The molecule has 1 N–H and O–H groups in total. The summed E-state index contributed by atoms with van der Waals surface area (Å²) in [6.07, 6.45) is 2.40. The highest BCUT2D eigenvalue weighted by molar-refractivity contribution is 7.90. The van der Waals surface area contributed by atoms with E-state index >= 15 is 0 Å². The lowest BCUT2D eigenvalue weighted by Gasteiger charge is -2.37. The van der Waals surface area contributed by atoms with E-state index in [9.17, 15) is 18.3 Å². The molecule has 0 unspecified atom stereocenters. The van der Waals surface area contributed by atoms with Gasteiger partial charge in [0.1, 0.15) is 0 Å². The minimum Gasteiger partial charge on any atom is -0.392 e. The molecular formula is C16H27NO4S. The quantitative estimate of drug-likeness (QED) is 0.856. The molecule has 3 aliphatic rings. The molecule has 1 saturated heterocycles. The van der Waals surface area contributed by atoms with E-state index in [1.165, 1.54) is 0 Å². The van der Waals surface area contributed by atoms with E-state index in [0.717, 1.165) is 23.6 Å². The van der Waals surface area contributed by atoms with Crippen LogP contribution in [0.15, 0.2) is 0 Å². The maximum atomic E-state index is 12.8.